The molecule has 0 aliphatic heterocycles. The van der Waals surface area contributed by atoms with Crippen LogP contribution in [0.25, 0.3) is 44.1 Å². The van der Waals surface area contributed by atoms with Gasteiger partial charge in [0.25, 0.3) is 11.8 Å². The van der Waals surface area contributed by atoms with E-state index in [4.69, 9.17) is 18.9 Å². The zero-order valence-corrected chi connectivity index (χ0v) is 28.3. The fourth-order valence-corrected chi connectivity index (χ4v) is 6.10. The summed E-state index contributed by atoms with van der Waals surface area (Å²) in [4.78, 5) is 33.9. The van der Waals surface area contributed by atoms with Crippen molar-refractivity contribution < 1.29 is 28.5 Å². The second-order valence-electron chi connectivity index (χ2n) is 10.1. The number of aromatic amines is 2. The molecule has 0 bridgehead atoms. The van der Waals surface area contributed by atoms with Crippen LogP contribution in [-0.2, 0) is 0 Å². The quantitative estimate of drug-likeness (QED) is 0.119. The predicted octanol–water partition coefficient (Wildman–Crippen LogP) is 7.62. The van der Waals surface area contributed by atoms with E-state index >= 15 is 0 Å². The standard InChI is InChI=1S/C34H28Br2N4O6/c1-43-23-13-25(45-3)29(31-27(23)21(15-37-31)17-5-9-19(35)10-6-17)33(41)39-40-34(42)30-26(46-4)14-24(44-2)28-22(16-38-32(28)30)18-7-11-20(36)12-8-18/h5-16,37-38H,1-4H3,(H,39,41)(H,40,42). The first-order valence-corrected chi connectivity index (χ1v) is 15.5. The first-order chi connectivity index (χ1) is 22.3. The molecule has 12 heteroatoms. The van der Waals surface area contributed by atoms with Gasteiger partial charge in [0, 0.05) is 44.6 Å². The monoisotopic (exact) mass is 746 g/mol. The van der Waals surface area contributed by atoms with Crippen LogP contribution < -0.4 is 29.8 Å². The fraction of sp³-hybridized carbons (Fsp3) is 0.118. The van der Waals surface area contributed by atoms with Crippen LogP contribution in [0, 0.1) is 0 Å². The Morgan fingerprint density at radius 3 is 1.24 bits per heavy atom. The number of carbonyl (C=O) groups is 2. The molecule has 0 aliphatic rings. The van der Waals surface area contributed by atoms with Gasteiger partial charge in [-0.3, -0.25) is 20.4 Å². The number of ether oxygens (including phenoxy) is 4. The lowest BCUT2D eigenvalue weighted by molar-refractivity contribution is 0.0845. The Balaban J connectivity index is 1.37. The van der Waals surface area contributed by atoms with Gasteiger partial charge in [-0.2, -0.15) is 0 Å². The number of carbonyl (C=O) groups excluding carboxylic acids is 2. The second-order valence-corrected chi connectivity index (χ2v) is 12.0. The summed E-state index contributed by atoms with van der Waals surface area (Å²) in [7, 11) is 6.03. The number of benzene rings is 4. The number of H-pyrrole nitrogens is 2. The highest BCUT2D eigenvalue weighted by Gasteiger charge is 2.27. The third-order valence-corrected chi connectivity index (χ3v) is 8.76. The summed E-state index contributed by atoms with van der Waals surface area (Å²) in [6.45, 7) is 0. The second kappa shape index (κ2) is 12.8. The van der Waals surface area contributed by atoms with E-state index in [0.29, 0.717) is 33.3 Å². The van der Waals surface area contributed by atoms with Crippen molar-refractivity contribution in [3.8, 4) is 45.3 Å². The average molecular weight is 748 g/mol. The third-order valence-electron chi connectivity index (χ3n) is 7.70. The number of hydrogen-bond donors (Lipinski definition) is 4. The molecule has 4 aromatic carbocycles. The molecule has 46 heavy (non-hydrogen) atoms. The Labute approximate surface area is 280 Å². The molecule has 0 saturated heterocycles. The summed E-state index contributed by atoms with van der Waals surface area (Å²) in [5.74, 6) is 0.345. The van der Waals surface area contributed by atoms with Gasteiger partial charge in [0.05, 0.1) is 50.2 Å². The van der Waals surface area contributed by atoms with Crippen molar-refractivity contribution in [3.05, 3.63) is 93.1 Å². The van der Waals surface area contributed by atoms with Crippen LogP contribution in [0.15, 0.2) is 82.0 Å². The highest BCUT2D eigenvalue weighted by Crippen LogP contribution is 2.43. The zero-order chi connectivity index (χ0) is 32.5. The van der Waals surface area contributed by atoms with E-state index < -0.39 is 11.8 Å². The summed E-state index contributed by atoms with van der Waals surface area (Å²) in [6.07, 6.45) is 3.61. The average Bonchev–Trinajstić information content (AvgIpc) is 3.72. The maximum Gasteiger partial charge on any atom is 0.275 e. The molecule has 0 atom stereocenters. The van der Waals surface area contributed by atoms with E-state index in [2.05, 4.69) is 52.7 Å². The first kappa shape index (κ1) is 31.1. The van der Waals surface area contributed by atoms with Gasteiger partial charge in [-0.1, -0.05) is 56.1 Å². The van der Waals surface area contributed by atoms with E-state index in [9.17, 15) is 9.59 Å². The van der Waals surface area contributed by atoms with Crippen LogP contribution in [0.1, 0.15) is 20.7 Å². The number of hydrazine groups is 1. The minimum Gasteiger partial charge on any atom is -0.496 e. The van der Waals surface area contributed by atoms with E-state index in [0.717, 1.165) is 31.2 Å². The molecule has 2 amide bonds. The Kier molecular flexibility index (Phi) is 8.65. The fourth-order valence-electron chi connectivity index (χ4n) is 5.57. The van der Waals surface area contributed by atoms with Gasteiger partial charge in [0.15, 0.2) is 0 Å². The number of halogens is 2. The number of amides is 2. The van der Waals surface area contributed by atoms with E-state index in [1.807, 2.05) is 48.5 Å². The minimum absolute atomic E-state index is 0.186. The molecular weight excluding hydrogens is 720 g/mol. The van der Waals surface area contributed by atoms with Gasteiger partial charge in [-0.15, -0.1) is 0 Å². The highest BCUT2D eigenvalue weighted by molar-refractivity contribution is 9.10. The molecule has 0 saturated carbocycles. The molecule has 6 aromatic rings. The van der Waals surface area contributed by atoms with Crippen LogP contribution in [-0.4, -0.2) is 50.2 Å². The number of rotatable bonds is 8. The molecule has 0 spiro atoms. The Morgan fingerprint density at radius 2 is 0.913 bits per heavy atom. The third kappa shape index (κ3) is 5.43. The molecule has 0 radical (unpaired) electrons. The Bertz CT molecular complexity index is 1950. The van der Waals surface area contributed by atoms with Crippen LogP contribution >= 0.6 is 31.9 Å². The van der Waals surface area contributed by atoms with Crippen molar-refractivity contribution >= 4 is 65.5 Å². The van der Waals surface area contributed by atoms with Gasteiger partial charge in [0.1, 0.15) is 34.1 Å². The number of hydrogen-bond acceptors (Lipinski definition) is 6. The maximum atomic E-state index is 13.8. The predicted molar refractivity (Wildman–Crippen MR) is 184 cm³/mol. The van der Waals surface area contributed by atoms with Crippen LogP contribution in [0.2, 0.25) is 0 Å². The Hall–Kier alpha value is -4.94. The molecule has 0 unspecified atom stereocenters. The van der Waals surface area contributed by atoms with Gasteiger partial charge in [0.2, 0.25) is 0 Å². The van der Waals surface area contributed by atoms with E-state index in [1.165, 1.54) is 14.2 Å². The van der Waals surface area contributed by atoms with Gasteiger partial charge >= 0.3 is 0 Å². The molecule has 2 aromatic heterocycles. The van der Waals surface area contributed by atoms with Gasteiger partial charge < -0.3 is 28.9 Å². The number of methoxy groups -OCH3 is 4. The molecule has 4 N–H and O–H groups in total. The molecule has 10 nitrogen and oxygen atoms in total. The Morgan fingerprint density at radius 1 is 0.565 bits per heavy atom. The molecule has 6 rings (SSSR count). The van der Waals surface area contributed by atoms with E-state index in [1.54, 1.807) is 38.7 Å². The first-order valence-electron chi connectivity index (χ1n) is 13.9. The van der Waals surface area contributed by atoms with Crippen molar-refractivity contribution in [1.29, 1.82) is 0 Å². The van der Waals surface area contributed by atoms with Crippen LogP contribution in [0.4, 0.5) is 0 Å². The lowest BCUT2D eigenvalue weighted by Crippen LogP contribution is -2.42. The summed E-state index contributed by atoms with van der Waals surface area (Å²) >= 11 is 6.94. The molecule has 2 heterocycles. The zero-order valence-electron chi connectivity index (χ0n) is 25.1. The van der Waals surface area contributed by atoms with Crippen molar-refractivity contribution in [2.24, 2.45) is 0 Å². The lowest BCUT2D eigenvalue weighted by Gasteiger charge is -2.16. The topological polar surface area (TPSA) is 127 Å². The van der Waals surface area contributed by atoms with Crippen molar-refractivity contribution in [2.75, 3.05) is 28.4 Å². The molecule has 0 fully saturated rings. The SMILES string of the molecule is COc1cc(OC)c2c(-c3ccc(Br)cc3)c[nH]c2c1C(=O)NNC(=O)c1c(OC)cc(OC)c2c(-c3ccc(Br)cc3)c[nH]c12. The van der Waals surface area contributed by atoms with E-state index in [-0.39, 0.29) is 22.6 Å². The summed E-state index contributed by atoms with van der Waals surface area (Å²) in [5.41, 5.74) is 9.95. The normalized spacial score (nSPS) is 11.0. The lowest BCUT2D eigenvalue weighted by atomic mass is 10.0. The smallest absolute Gasteiger partial charge is 0.275 e. The van der Waals surface area contributed by atoms with Crippen molar-refractivity contribution in [2.45, 2.75) is 0 Å². The maximum absolute atomic E-state index is 13.8. The van der Waals surface area contributed by atoms with Crippen LogP contribution in [0.3, 0.4) is 0 Å². The molecular formula is C34H28Br2N4O6. The molecule has 234 valence electrons. The summed E-state index contributed by atoms with van der Waals surface area (Å²) in [6, 6.07) is 18.9. The highest BCUT2D eigenvalue weighted by atomic mass is 79.9. The van der Waals surface area contributed by atoms with Gasteiger partial charge in [-0.05, 0) is 35.4 Å². The largest absolute Gasteiger partial charge is 0.496 e. The minimum atomic E-state index is -0.604. The number of fused-ring (bicyclic) bond motifs is 2. The number of nitrogens with one attached hydrogen (secondary N) is 4. The number of aromatic nitrogens is 2. The van der Waals surface area contributed by atoms with Crippen molar-refractivity contribution in [3.63, 3.8) is 0 Å². The summed E-state index contributed by atoms with van der Waals surface area (Å²) < 4.78 is 24.4. The van der Waals surface area contributed by atoms with Gasteiger partial charge in [-0.25, -0.2) is 0 Å². The van der Waals surface area contributed by atoms with Crippen LogP contribution in [0.5, 0.6) is 23.0 Å². The summed E-state index contributed by atoms with van der Waals surface area (Å²) in [5, 5.41) is 1.37. The molecule has 0 aliphatic carbocycles. The van der Waals surface area contributed by atoms with Crippen molar-refractivity contribution in [1.82, 2.24) is 20.8 Å².